The number of nitrogens with one attached hydrogen (secondary N) is 2. The summed E-state index contributed by atoms with van der Waals surface area (Å²) in [6.45, 7) is 2.39. The molecule has 0 aliphatic heterocycles. The smallest absolute Gasteiger partial charge is 0.272 e. The molecule has 4 aromatic rings. The van der Waals surface area contributed by atoms with E-state index in [1.165, 1.54) is 12.3 Å². The van der Waals surface area contributed by atoms with E-state index >= 15 is 0 Å². The van der Waals surface area contributed by atoms with Gasteiger partial charge in [-0.3, -0.25) is 9.59 Å². The monoisotopic (exact) mass is 452 g/mol. The summed E-state index contributed by atoms with van der Waals surface area (Å²) in [5, 5.41) is 5.49. The molecule has 0 radical (unpaired) electrons. The van der Waals surface area contributed by atoms with Crippen molar-refractivity contribution in [2.24, 2.45) is 0 Å². The van der Waals surface area contributed by atoms with Crippen LogP contribution in [0.1, 0.15) is 27.2 Å². The van der Waals surface area contributed by atoms with Gasteiger partial charge in [0.1, 0.15) is 23.8 Å². The van der Waals surface area contributed by atoms with Crippen molar-refractivity contribution in [3.05, 3.63) is 125 Å². The van der Waals surface area contributed by atoms with E-state index in [4.69, 9.17) is 9.15 Å². The van der Waals surface area contributed by atoms with Crippen molar-refractivity contribution in [2.45, 2.75) is 13.5 Å². The van der Waals surface area contributed by atoms with Gasteiger partial charge in [0, 0.05) is 17.3 Å². The Morgan fingerprint density at radius 1 is 0.882 bits per heavy atom. The third-order valence-corrected chi connectivity index (χ3v) is 5.00. The summed E-state index contributed by atoms with van der Waals surface area (Å²) < 4.78 is 11.1. The molecule has 0 aliphatic carbocycles. The second-order valence-corrected chi connectivity index (χ2v) is 7.65. The predicted molar refractivity (Wildman–Crippen MR) is 131 cm³/mol. The molecule has 34 heavy (non-hydrogen) atoms. The Hall–Kier alpha value is -4.58. The van der Waals surface area contributed by atoms with Crippen molar-refractivity contribution in [3.8, 4) is 5.75 Å². The minimum atomic E-state index is -0.477. The number of amides is 2. The Labute approximate surface area is 197 Å². The molecule has 0 atom stereocenters. The summed E-state index contributed by atoms with van der Waals surface area (Å²) in [6, 6.07) is 27.4. The lowest BCUT2D eigenvalue weighted by atomic mass is 10.1. The zero-order chi connectivity index (χ0) is 23.8. The van der Waals surface area contributed by atoms with E-state index in [9.17, 15) is 9.59 Å². The van der Waals surface area contributed by atoms with Gasteiger partial charge in [0.25, 0.3) is 11.8 Å². The fraction of sp³-hybridized carbons (Fsp3) is 0.0714. The van der Waals surface area contributed by atoms with Crippen molar-refractivity contribution >= 4 is 23.6 Å². The first-order valence-corrected chi connectivity index (χ1v) is 10.8. The van der Waals surface area contributed by atoms with Gasteiger partial charge in [-0.1, -0.05) is 48.0 Å². The highest BCUT2D eigenvalue weighted by atomic mass is 16.5. The van der Waals surface area contributed by atoms with E-state index in [2.05, 4.69) is 10.6 Å². The quantitative estimate of drug-likeness (QED) is 0.342. The van der Waals surface area contributed by atoms with Crippen LogP contribution in [0.5, 0.6) is 5.75 Å². The maximum absolute atomic E-state index is 13.0. The summed E-state index contributed by atoms with van der Waals surface area (Å²) >= 11 is 0. The Bertz CT molecular complexity index is 1260. The lowest BCUT2D eigenvalue weighted by Crippen LogP contribution is -2.30. The highest BCUT2D eigenvalue weighted by Crippen LogP contribution is 2.18. The summed E-state index contributed by atoms with van der Waals surface area (Å²) in [5.41, 5.74) is 3.18. The van der Waals surface area contributed by atoms with Crippen LogP contribution in [0.15, 0.2) is 107 Å². The number of carbonyl (C=O) groups excluding carboxylic acids is 2. The predicted octanol–water partition coefficient (Wildman–Crippen LogP) is 5.58. The first kappa shape index (κ1) is 22.6. The summed E-state index contributed by atoms with van der Waals surface area (Å²) in [5.74, 6) is 0.257. The molecule has 0 bridgehead atoms. The van der Waals surface area contributed by atoms with Gasteiger partial charge < -0.3 is 19.8 Å². The maximum atomic E-state index is 13.0. The Kier molecular flexibility index (Phi) is 7.20. The highest BCUT2D eigenvalue weighted by molar-refractivity contribution is 6.10. The third-order valence-electron chi connectivity index (χ3n) is 5.00. The molecule has 0 fully saturated rings. The number of benzene rings is 3. The Balaban J connectivity index is 1.43. The van der Waals surface area contributed by atoms with Gasteiger partial charge in [-0.25, -0.2) is 0 Å². The summed E-state index contributed by atoms with van der Waals surface area (Å²) in [6.07, 6.45) is 2.98. The van der Waals surface area contributed by atoms with Crippen LogP contribution >= 0.6 is 0 Å². The molecule has 2 N–H and O–H groups in total. The van der Waals surface area contributed by atoms with Crippen molar-refractivity contribution in [1.29, 1.82) is 0 Å². The van der Waals surface area contributed by atoms with E-state index in [1.54, 1.807) is 48.5 Å². The van der Waals surface area contributed by atoms with Gasteiger partial charge in [0.15, 0.2) is 0 Å². The molecule has 170 valence electrons. The average Bonchev–Trinajstić information content (AvgIpc) is 3.37. The van der Waals surface area contributed by atoms with E-state index in [1.807, 2.05) is 49.4 Å². The maximum Gasteiger partial charge on any atom is 0.272 e. The van der Waals surface area contributed by atoms with Gasteiger partial charge in [0.05, 0.1) is 6.26 Å². The van der Waals surface area contributed by atoms with Crippen LogP contribution in [-0.4, -0.2) is 11.8 Å². The number of ether oxygens (including phenoxy) is 1. The average molecular weight is 453 g/mol. The molecule has 0 saturated carbocycles. The molecule has 0 spiro atoms. The fourth-order valence-electron chi connectivity index (χ4n) is 3.15. The van der Waals surface area contributed by atoms with Crippen LogP contribution < -0.4 is 15.4 Å². The number of aryl methyl sites for hydroxylation is 1. The number of rotatable bonds is 8. The Morgan fingerprint density at radius 3 is 2.29 bits per heavy atom. The molecule has 1 heterocycles. The molecule has 1 aromatic heterocycles. The van der Waals surface area contributed by atoms with E-state index < -0.39 is 11.8 Å². The molecular formula is C28H24N2O4. The lowest BCUT2D eigenvalue weighted by molar-refractivity contribution is -0.113. The van der Waals surface area contributed by atoms with Gasteiger partial charge >= 0.3 is 0 Å². The minimum absolute atomic E-state index is 0.0601. The van der Waals surface area contributed by atoms with Crippen LogP contribution in [0.25, 0.3) is 6.08 Å². The van der Waals surface area contributed by atoms with Crippen LogP contribution in [0, 0.1) is 6.92 Å². The van der Waals surface area contributed by atoms with Crippen LogP contribution in [0.2, 0.25) is 0 Å². The molecule has 4 rings (SSSR count). The molecule has 0 unspecified atom stereocenters. The zero-order valence-corrected chi connectivity index (χ0v) is 18.7. The second-order valence-electron chi connectivity index (χ2n) is 7.65. The Morgan fingerprint density at radius 2 is 1.62 bits per heavy atom. The van der Waals surface area contributed by atoms with Gasteiger partial charge in [-0.05, 0) is 61.0 Å². The molecule has 6 heteroatoms. The molecule has 3 aromatic carbocycles. The standard InChI is InChI=1S/C28H24N2O4/c1-20-9-11-22(12-10-20)27(31)30-26(18-25-8-5-17-33-25)28(32)29-23-13-15-24(16-14-23)34-19-21-6-3-2-4-7-21/h2-18H,19H2,1H3,(H,29,32)(H,30,31)/b26-18-. The minimum Gasteiger partial charge on any atom is -0.489 e. The normalized spacial score (nSPS) is 11.0. The summed E-state index contributed by atoms with van der Waals surface area (Å²) in [7, 11) is 0. The number of carbonyl (C=O) groups is 2. The lowest BCUT2D eigenvalue weighted by Gasteiger charge is -2.12. The summed E-state index contributed by atoms with van der Waals surface area (Å²) in [4.78, 5) is 25.7. The van der Waals surface area contributed by atoms with E-state index in [0.29, 0.717) is 29.4 Å². The number of hydrogen-bond acceptors (Lipinski definition) is 4. The van der Waals surface area contributed by atoms with Gasteiger partial charge in [-0.15, -0.1) is 0 Å². The molecule has 0 saturated heterocycles. The van der Waals surface area contributed by atoms with Crippen molar-refractivity contribution < 1.29 is 18.7 Å². The first-order valence-electron chi connectivity index (χ1n) is 10.8. The SMILES string of the molecule is Cc1ccc(C(=O)N/C(=C\c2ccco2)C(=O)Nc2ccc(OCc3ccccc3)cc2)cc1. The topological polar surface area (TPSA) is 80.6 Å². The molecule has 0 aliphatic rings. The molecule has 6 nitrogen and oxygen atoms in total. The second kappa shape index (κ2) is 10.8. The van der Waals surface area contributed by atoms with Crippen molar-refractivity contribution in [2.75, 3.05) is 5.32 Å². The fourth-order valence-corrected chi connectivity index (χ4v) is 3.15. The van der Waals surface area contributed by atoms with Crippen LogP contribution in [-0.2, 0) is 11.4 Å². The molecule has 2 amide bonds. The number of furan rings is 1. The van der Waals surface area contributed by atoms with E-state index in [0.717, 1.165) is 11.1 Å². The van der Waals surface area contributed by atoms with Crippen LogP contribution in [0.4, 0.5) is 5.69 Å². The highest BCUT2D eigenvalue weighted by Gasteiger charge is 2.16. The molecular weight excluding hydrogens is 428 g/mol. The van der Waals surface area contributed by atoms with Gasteiger partial charge in [-0.2, -0.15) is 0 Å². The zero-order valence-electron chi connectivity index (χ0n) is 18.7. The van der Waals surface area contributed by atoms with Crippen LogP contribution in [0.3, 0.4) is 0 Å². The van der Waals surface area contributed by atoms with Crippen molar-refractivity contribution in [1.82, 2.24) is 5.32 Å². The number of anilines is 1. The first-order chi connectivity index (χ1) is 16.6. The van der Waals surface area contributed by atoms with Gasteiger partial charge in [0.2, 0.25) is 0 Å². The third kappa shape index (κ3) is 6.23. The number of hydrogen-bond donors (Lipinski definition) is 2. The largest absolute Gasteiger partial charge is 0.489 e. The van der Waals surface area contributed by atoms with Crippen molar-refractivity contribution in [3.63, 3.8) is 0 Å². The van der Waals surface area contributed by atoms with E-state index in [-0.39, 0.29) is 5.70 Å².